The normalized spacial score (nSPS) is 12.6. The van der Waals surface area contributed by atoms with E-state index in [2.05, 4.69) is 28.5 Å². The van der Waals surface area contributed by atoms with Gasteiger partial charge in [-0.15, -0.1) is 10.2 Å². The van der Waals surface area contributed by atoms with Crippen LogP contribution in [0.1, 0.15) is 37.2 Å². The summed E-state index contributed by atoms with van der Waals surface area (Å²) in [5.41, 5.74) is 5.78. The number of benzene rings is 1. The average Bonchev–Trinajstić information content (AvgIpc) is 3.30. The molecule has 7 heteroatoms. The Morgan fingerprint density at radius 1 is 1.21 bits per heavy atom. The number of hydrogen-bond donors (Lipinski definition) is 1. The highest BCUT2D eigenvalue weighted by Gasteiger charge is 2.23. The van der Waals surface area contributed by atoms with Crippen LogP contribution in [-0.4, -0.2) is 25.8 Å². The van der Waals surface area contributed by atoms with Crippen molar-refractivity contribution in [2.75, 3.05) is 5.32 Å². The monoisotopic (exact) mass is 408 g/mol. The van der Waals surface area contributed by atoms with Gasteiger partial charge < -0.3 is 9.73 Å². The third-order valence-electron chi connectivity index (χ3n) is 5.16. The Bertz CT molecular complexity index is 1190. The van der Waals surface area contributed by atoms with Gasteiger partial charge in [0.2, 0.25) is 5.91 Å². The van der Waals surface area contributed by atoms with Gasteiger partial charge in [0, 0.05) is 17.8 Å². The van der Waals surface area contributed by atoms with E-state index < -0.39 is 0 Å². The van der Waals surface area contributed by atoms with E-state index in [1.165, 1.54) is 11.8 Å². The van der Waals surface area contributed by atoms with Gasteiger partial charge in [-0.05, 0) is 37.8 Å². The fourth-order valence-corrected chi connectivity index (χ4v) is 4.55. The Labute approximate surface area is 173 Å². The molecule has 1 aromatic carbocycles. The number of rotatable bonds is 6. The predicted octanol–water partition coefficient (Wildman–Crippen LogP) is 5.16. The largest absolute Gasteiger partial charge is 0.463 e. The quantitative estimate of drug-likeness (QED) is 0.446. The Hall–Kier alpha value is -2.80. The van der Waals surface area contributed by atoms with Crippen LogP contribution in [0, 0.1) is 13.8 Å². The summed E-state index contributed by atoms with van der Waals surface area (Å²) in [4.78, 5) is 13.1. The highest BCUT2D eigenvalue weighted by molar-refractivity contribution is 8.00. The molecule has 3 aromatic heterocycles. The Morgan fingerprint density at radius 2 is 2.03 bits per heavy atom. The molecule has 6 nitrogen and oxygen atoms in total. The maximum atomic E-state index is 13.1. The summed E-state index contributed by atoms with van der Waals surface area (Å²) >= 11 is 1.44. The van der Waals surface area contributed by atoms with Crippen molar-refractivity contribution in [3.8, 4) is 0 Å². The van der Waals surface area contributed by atoms with Crippen LogP contribution in [0.3, 0.4) is 0 Å². The van der Waals surface area contributed by atoms with Crippen LogP contribution in [0.5, 0.6) is 0 Å². The Kier molecular flexibility index (Phi) is 5.32. The van der Waals surface area contributed by atoms with Crippen LogP contribution in [0.25, 0.3) is 16.6 Å². The second-order valence-electron chi connectivity index (χ2n) is 7.05. The zero-order chi connectivity index (χ0) is 20.5. The molecule has 0 radical (unpaired) electrons. The molecule has 0 saturated heterocycles. The molecule has 4 aromatic rings. The maximum Gasteiger partial charge on any atom is 0.237 e. The third kappa shape index (κ3) is 3.51. The van der Waals surface area contributed by atoms with Gasteiger partial charge in [0.15, 0.2) is 5.58 Å². The predicted molar refractivity (Wildman–Crippen MR) is 117 cm³/mol. The number of nitrogens with zero attached hydrogens (tertiary/aromatic N) is 3. The summed E-state index contributed by atoms with van der Waals surface area (Å²) in [7, 11) is 0. The molecule has 4 rings (SSSR count). The summed E-state index contributed by atoms with van der Waals surface area (Å²) in [6, 6.07) is 9.98. The van der Waals surface area contributed by atoms with Crippen LogP contribution in [0.15, 0.2) is 46.0 Å². The van der Waals surface area contributed by atoms with E-state index in [-0.39, 0.29) is 11.2 Å². The molecule has 29 heavy (non-hydrogen) atoms. The summed E-state index contributed by atoms with van der Waals surface area (Å²) < 4.78 is 7.57. The lowest BCUT2D eigenvalue weighted by Gasteiger charge is -2.18. The topological polar surface area (TPSA) is 72.4 Å². The number of carbonyl (C=O) groups is 1. The van der Waals surface area contributed by atoms with Crippen molar-refractivity contribution in [1.82, 2.24) is 14.6 Å². The number of aromatic nitrogens is 3. The highest BCUT2D eigenvalue weighted by Crippen LogP contribution is 2.32. The van der Waals surface area contributed by atoms with E-state index in [0.717, 1.165) is 50.7 Å². The van der Waals surface area contributed by atoms with Crippen molar-refractivity contribution in [3.63, 3.8) is 0 Å². The van der Waals surface area contributed by atoms with Crippen LogP contribution in [-0.2, 0) is 11.2 Å². The Balaban J connectivity index is 1.64. The number of anilines is 1. The fraction of sp³-hybridized carbons (Fsp3) is 0.318. The van der Waals surface area contributed by atoms with Crippen molar-refractivity contribution < 1.29 is 9.21 Å². The second-order valence-corrected chi connectivity index (χ2v) is 8.25. The molecule has 150 valence electrons. The van der Waals surface area contributed by atoms with Gasteiger partial charge >= 0.3 is 0 Å². The lowest BCUT2D eigenvalue weighted by molar-refractivity contribution is -0.115. The molecule has 0 fully saturated rings. The van der Waals surface area contributed by atoms with Crippen LogP contribution >= 0.6 is 11.8 Å². The molecular weight excluding hydrogens is 384 g/mol. The van der Waals surface area contributed by atoms with Gasteiger partial charge in [0.1, 0.15) is 10.9 Å². The standard InChI is InChI=1S/C22H24N4O2S/c1-5-15-9-7-8-13(3)20(15)23-21(27)19(6-2)29-22-17-12-18-16(10-11-28-18)26(17)14(4)24-25-22/h7-12,19H,5-6H2,1-4H3,(H,23,27)/t19-/m1/s1. The number of fused-ring (bicyclic) bond motifs is 3. The van der Waals surface area contributed by atoms with Crippen molar-refractivity contribution in [1.29, 1.82) is 0 Å². The highest BCUT2D eigenvalue weighted by atomic mass is 32.2. The summed E-state index contributed by atoms with van der Waals surface area (Å²) in [6.45, 7) is 8.04. The van der Waals surface area contributed by atoms with Crippen molar-refractivity contribution in [2.45, 2.75) is 50.8 Å². The second kappa shape index (κ2) is 7.91. The van der Waals surface area contributed by atoms with E-state index in [4.69, 9.17) is 4.42 Å². The van der Waals surface area contributed by atoms with Gasteiger partial charge in [-0.2, -0.15) is 0 Å². The first-order valence-electron chi connectivity index (χ1n) is 9.81. The minimum atomic E-state index is -0.277. The van der Waals surface area contributed by atoms with Crippen LogP contribution in [0.2, 0.25) is 0 Å². The van der Waals surface area contributed by atoms with E-state index in [1.54, 1.807) is 6.26 Å². The molecule has 0 unspecified atom stereocenters. The number of carbonyl (C=O) groups excluding carboxylic acids is 1. The molecule has 0 bridgehead atoms. The van der Waals surface area contributed by atoms with Crippen molar-refractivity contribution in [2.24, 2.45) is 0 Å². The Morgan fingerprint density at radius 3 is 2.79 bits per heavy atom. The van der Waals surface area contributed by atoms with Crippen molar-refractivity contribution >= 4 is 40.0 Å². The first kappa shape index (κ1) is 19.5. The van der Waals surface area contributed by atoms with E-state index in [0.29, 0.717) is 6.42 Å². The summed E-state index contributed by atoms with van der Waals surface area (Å²) in [5, 5.41) is 12.3. The molecular formula is C22H24N4O2S. The molecule has 1 amide bonds. The number of para-hydroxylation sites is 1. The minimum Gasteiger partial charge on any atom is -0.463 e. The third-order valence-corrected chi connectivity index (χ3v) is 6.50. The number of amides is 1. The molecule has 3 heterocycles. The number of nitrogens with one attached hydrogen (secondary N) is 1. The molecule has 0 spiro atoms. The minimum absolute atomic E-state index is 0.0164. The molecule has 1 N–H and O–H groups in total. The number of aryl methyl sites for hydroxylation is 3. The van der Waals surface area contributed by atoms with Crippen LogP contribution in [0.4, 0.5) is 5.69 Å². The average molecular weight is 409 g/mol. The van der Waals surface area contributed by atoms with Crippen molar-refractivity contribution in [3.05, 3.63) is 53.5 Å². The van der Waals surface area contributed by atoms with Gasteiger partial charge in [0.25, 0.3) is 0 Å². The SMILES string of the molecule is CCc1cccc(C)c1NC(=O)[C@@H](CC)Sc1nnc(C)n2c1cc1occc12. The van der Waals surface area contributed by atoms with E-state index in [1.807, 2.05) is 49.4 Å². The van der Waals surface area contributed by atoms with E-state index >= 15 is 0 Å². The first-order valence-corrected chi connectivity index (χ1v) is 10.7. The number of hydrogen-bond acceptors (Lipinski definition) is 5. The lowest BCUT2D eigenvalue weighted by Crippen LogP contribution is -2.26. The molecule has 1 atom stereocenters. The fourth-order valence-electron chi connectivity index (χ4n) is 3.59. The van der Waals surface area contributed by atoms with Gasteiger partial charge in [0.05, 0.1) is 22.5 Å². The zero-order valence-electron chi connectivity index (χ0n) is 17.0. The van der Waals surface area contributed by atoms with Gasteiger partial charge in [-0.3, -0.25) is 9.20 Å². The maximum absolute atomic E-state index is 13.1. The smallest absolute Gasteiger partial charge is 0.237 e. The van der Waals surface area contributed by atoms with Crippen LogP contribution < -0.4 is 5.32 Å². The summed E-state index contributed by atoms with van der Waals surface area (Å²) in [6.07, 6.45) is 3.22. The van der Waals surface area contributed by atoms with Gasteiger partial charge in [-0.1, -0.05) is 43.8 Å². The number of thioether (sulfide) groups is 1. The molecule has 0 aliphatic heterocycles. The van der Waals surface area contributed by atoms with Gasteiger partial charge in [-0.25, -0.2) is 0 Å². The lowest BCUT2D eigenvalue weighted by atomic mass is 10.1. The molecule has 0 saturated carbocycles. The zero-order valence-corrected chi connectivity index (χ0v) is 17.8. The molecule has 0 aliphatic carbocycles. The van der Waals surface area contributed by atoms with E-state index in [9.17, 15) is 4.79 Å². The summed E-state index contributed by atoms with van der Waals surface area (Å²) in [5.74, 6) is 0.767. The first-order chi connectivity index (χ1) is 14.0. The number of furan rings is 1. The molecule has 0 aliphatic rings.